The van der Waals surface area contributed by atoms with Crippen molar-refractivity contribution in [1.29, 1.82) is 0 Å². The van der Waals surface area contributed by atoms with Gasteiger partial charge in [0.1, 0.15) is 0 Å². The van der Waals surface area contributed by atoms with Crippen LogP contribution in [0, 0.1) is 0 Å². The molecule has 0 N–H and O–H groups in total. The number of aryl methyl sites for hydroxylation is 1. The van der Waals surface area contributed by atoms with Crippen molar-refractivity contribution < 1.29 is 19.1 Å². The molecule has 1 heterocycles. The molecule has 1 unspecified atom stereocenters. The van der Waals surface area contributed by atoms with Gasteiger partial charge in [-0.3, -0.25) is 9.59 Å². The molecule has 1 aromatic heterocycles. The minimum absolute atomic E-state index is 0.0262. The number of unbranched alkanes of at least 4 members (excludes halogenated alkanes) is 8. The first kappa shape index (κ1) is 30.2. The van der Waals surface area contributed by atoms with Crippen molar-refractivity contribution >= 4 is 11.9 Å². The van der Waals surface area contributed by atoms with Gasteiger partial charge in [0, 0.05) is 18.4 Å². The minimum Gasteiger partial charge on any atom is -0.463 e. The maximum Gasteiger partial charge on any atom is 0.311 e. The molecule has 0 spiro atoms. The zero-order chi connectivity index (χ0) is 26.7. The van der Waals surface area contributed by atoms with Crippen molar-refractivity contribution in [3.63, 3.8) is 0 Å². The fraction of sp³-hybridized carbons (Fsp3) is 0.548. The summed E-state index contributed by atoms with van der Waals surface area (Å²) in [5.41, 5.74) is 2.17. The van der Waals surface area contributed by atoms with Crippen LogP contribution >= 0.6 is 0 Å². The average molecular weight is 509 g/mol. The minimum atomic E-state index is -0.232. The number of aromatic nitrogens is 2. The van der Waals surface area contributed by atoms with Crippen LogP contribution in [0.2, 0.25) is 0 Å². The monoisotopic (exact) mass is 508 g/mol. The summed E-state index contributed by atoms with van der Waals surface area (Å²) in [7, 11) is 0. The first-order valence-electron chi connectivity index (χ1n) is 13.9. The molecule has 0 fully saturated rings. The molecule has 0 radical (unpaired) electrons. The van der Waals surface area contributed by atoms with Gasteiger partial charge in [-0.1, -0.05) is 69.4 Å². The number of hydrogen-bond acceptors (Lipinski definition) is 6. The van der Waals surface area contributed by atoms with Crippen LogP contribution in [-0.2, 0) is 20.7 Å². The number of allylic oxidation sites excluding steroid dienone is 1. The second-order valence-electron chi connectivity index (χ2n) is 9.62. The van der Waals surface area contributed by atoms with Crippen LogP contribution in [0.3, 0.4) is 0 Å². The van der Waals surface area contributed by atoms with Gasteiger partial charge in [0.25, 0.3) is 0 Å². The van der Waals surface area contributed by atoms with E-state index in [2.05, 4.69) is 28.7 Å². The number of benzene rings is 1. The molecule has 0 amide bonds. The third-order valence-electron chi connectivity index (χ3n) is 6.31. The fourth-order valence-electron chi connectivity index (χ4n) is 4.09. The second kappa shape index (κ2) is 18.3. The molecule has 202 valence electrons. The highest BCUT2D eigenvalue weighted by molar-refractivity contribution is 5.72. The fourth-order valence-corrected chi connectivity index (χ4v) is 4.09. The standard InChI is InChI=1S/C31H44N2O4/c1-4-6-7-8-9-10-11-12-13-18-30(35)37-28-23-32-31(33-24-28)27-21-19-26(20-22-27)17-15-14-16-25(3)36-29(34)5-2/h4,19-25H,1,5-18H2,2-3H3. The number of carbonyl (C=O) groups excluding carboxylic acids is 2. The molecular weight excluding hydrogens is 464 g/mol. The molecule has 2 aromatic rings. The zero-order valence-electron chi connectivity index (χ0n) is 22.8. The summed E-state index contributed by atoms with van der Waals surface area (Å²) in [6, 6.07) is 8.21. The quantitative estimate of drug-likeness (QED) is 0.109. The predicted molar refractivity (Wildman–Crippen MR) is 148 cm³/mol. The van der Waals surface area contributed by atoms with Gasteiger partial charge >= 0.3 is 11.9 Å². The summed E-state index contributed by atoms with van der Waals surface area (Å²) in [5, 5.41) is 0. The van der Waals surface area contributed by atoms with Gasteiger partial charge in [-0.2, -0.15) is 0 Å². The number of ether oxygens (including phenoxy) is 2. The molecule has 0 saturated carbocycles. The van der Waals surface area contributed by atoms with Crippen molar-refractivity contribution in [2.45, 2.75) is 110 Å². The Morgan fingerprint density at radius 3 is 2.19 bits per heavy atom. The summed E-state index contributed by atoms with van der Waals surface area (Å²) in [4.78, 5) is 32.2. The highest BCUT2D eigenvalue weighted by Gasteiger charge is 2.09. The molecule has 0 aliphatic carbocycles. The van der Waals surface area contributed by atoms with E-state index in [0.29, 0.717) is 24.4 Å². The van der Waals surface area contributed by atoms with E-state index in [1.807, 2.05) is 32.1 Å². The Kier molecular flexibility index (Phi) is 14.9. The molecular formula is C31H44N2O4. The van der Waals surface area contributed by atoms with Crippen LogP contribution in [0.1, 0.15) is 103 Å². The van der Waals surface area contributed by atoms with Crippen molar-refractivity contribution in [1.82, 2.24) is 9.97 Å². The summed E-state index contributed by atoms with van der Waals surface area (Å²) in [6.07, 6.45) is 18.9. The maximum absolute atomic E-state index is 12.1. The highest BCUT2D eigenvalue weighted by atomic mass is 16.5. The Balaban J connectivity index is 1.64. The molecule has 1 aromatic carbocycles. The van der Waals surface area contributed by atoms with Gasteiger partial charge in [0.2, 0.25) is 0 Å². The molecule has 2 rings (SSSR count). The molecule has 1 atom stereocenters. The SMILES string of the molecule is C=CCCCCCCCCCC(=O)Oc1cnc(-c2ccc(CCCCC(C)OC(=O)CC)cc2)nc1. The van der Waals surface area contributed by atoms with E-state index in [1.165, 1.54) is 31.2 Å². The topological polar surface area (TPSA) is 78.4 Å². The number of carbonyl (C=O) groups is 2. The first-order chi connectivity index (χ1) is 18.0. The molecule has 6 heteroatoms. The van der Waals surface area contributed by atoms with E-state index < -0.39 is 0 Å². The highest BCUT2D eigenvalue weighted by Crippen LogP contribution is 2.19. The van der Waals surface area contributed by atoms with Crippen molar-refractivity contribution in [3.05, 3.63) is 54.9 Å². The van der Waals surface area contributed by atoms with Crippen molar-refractivity contribution in [3.8, 4) is 17.1 Å². The van der Waals surface area contributed by atoms with Gasteiger partial charge in [0.15, 0.2) is 11.6 Å². The van der Waals surface area contributed by atoms with Crippen LogP contribution in [0.15, 0.2) is 49.3 Å². The van der Waals surface area contributed by atoms with E-state index in [0.717, 1.165) is 56.9 Å². The van der Waals surface area contributed by atoms with E-state index >= 15 is 0 Å². The summed E-state index contributed by atoms with van der Waals surface area (Å²) >= 11 is 0. The smallest absolute Gasteiger partial charge is 0.311 e. The van der Waals surface area contributed by atoms with Crippen LogP contribution in [0.25, 0.3) is 11.4 Å². The van der Waals surface area contributed by atoms with Crippen LogP contribution in [0.5, 0.6) is 5.75 Å². The van der Waals surface area contributed by atoms with Gasteiger partial charge in [-0.05, 0) is 57.4 Å². The second-order valence-corrected chi connectivity index (χ2v) is 9.62. The third kappa shape index (κ3) is 13.2. The molecule has 0 bridgehead atoms. The van der Waals surface area contributed by atoms with Crippen LogP contribution in [0.4, 0.5) is 0 Å². The van der Waals surface area contributed by atoms with E-state index in [4.69, 9.17) is 9.47 Å². The lowest BCUT2D eigenvalue weighted by atomic mass is 10.0. The third-order valence-corrected chi connectivity index (χ3v) is 6.31. The maximum atomic E-state index is 12.1. The molecule has 6 nitrogen and oxygen atoms in total. The Labute approximate surface area is 222 Å². The lowest BCUT2D eigenvalue weighted by Crippen LogP contribution is -2.13. The average Bonchev–Trinajstić information content (AvgIpc) is 2.91. The Morgan fingerprint density at radius 2 is 1.54 bits per heavy atom. The van der Waals surface area contributed by atoms with Crippen LogP contribution in [-0.4, -0.2) is 28.0 Å². The van der Waals surface area contributed by atoms with Gasteiger partial charge in [0.05, 0.1) is 18.5 Å². The molecule has 0 saturated heterocycles. The number of hydrogen-bond donors (Lipinski definition) is 0. The van der Waals surface area contributed by atoms with Crippen LogP contribution < -0.4 is 4.74 Å². The summed E-state index contributed by atoms with van der Waals surface area (Å²) < 4.78 is 10.7. The summed E-state index contributed by atoms with van der Waals surface area (Å²) in [5.74, 6) is 0.616. The lowest BCUT2D eigenvalue weighted by molar-refractivity contribution is -0.148. The number of rotatable bonds is 19. The molecule has 0 aliphatic heterocycles. The zero-order valence-corrected chi connectivity index (χ0v) is 22.8. The van der Waals surface area contributed by atoms with Gasteiger partial charge in [-0.25, -0.2) is 9.97 Å². The normalized spacial score (nSPS) is 11.6. The largest absolute Gasteiger partial charge is 0.463 e. The van der Waals surface area contributed by atoms with Crippen molar-refractivity contribution in [2.75, 3.05) is 0 Å². The Bertz CT molecular complexity index is 925. The van der Waals surface area contributed by atoms with E-state index in [1.54, 1.807) is 12.4 Å². The Morgan fingerprint density at radius 1 is 0.892 bits per heavy atom. The van der Waals surface area contributed by atoms with E-state index in [-0.39, 0.29) is 18.0 Å². The predicted octanol–water partition coefficient (Wildman–Crippen LogP) is 7.80. The molecule has 0 aliphatic rings. The molecule has 37 heavy (non-hydrogen) atoms. The van der Waals surface area contributed by atoms with Gasteiger partial charge < -0.3 is 9.47 Å². The van der Waals surface area contributed by atoms with E-state index in [9.17, 15) is 9.59 Å². The number of esters is 2. The lowest BCUT2D eigenvalue weighted by Gasteiger charge is -2.12. The summed E-state index contributed by atoms with van der Waals surface area (Å²) in [6.45, 7) is 7.51. The number of nitrogens with zero attached hydrogens (tertiary/aromatic N) is 2. The first-order valence-corrected chi connectivity index (χ1v) is 13.9. The Hall–Kier alpha value is -3.02. The van der Waals surface area contributed by atoms with Crippen molar-refractivity contribution in [2.24, 2.45) is 0 Å². The van der Waals surface area contributed by atoms with Gasteiger partial charge in [-0.15, -0.1) is 6.58 Å².